The van der Waals surface area contributed by atoms with E-state index in [9.17, 15) is 10.1 Å². The van der Waals surface area contributed by atoms with Gasteiger partial charge in [-0.2, -0.15) is 0 Å². The normalized spacial score (nSPS) is 16.9. The van der Waals surface area contributed by atoms with Crippen molar-refractivity contribution >= 4 is 11.4 Å². The van der Waals surface area contributed by atoms with Crippen LogP contribution in [0.2, 0.25) is 0 Å². The summed E-state index contributed by atoms with van der Waals surface area (Å²) in [6, 6.07) is 6.83. The molecule has 92 valence electrons. The lowest BCUT2D eigenvalue weighted by molar-refractivity contribution is -0.384. The molecule has 1 fully saturated rings. The minimum Gasteiger partial charge on any atom is -0.379 e. The molecule has 1 aliphatic carbocycles. The molecule has 4 heteroatoms. The average Bonchev–Trinajstić information content (AvgIpc) is 3.07. The molecule has 0 unspecified atom stereocenters. The Morgan fingerprint density at radius 3 is 2.59 bits per heavy atom. The summed E-state index contributed by atoms with van der Waals surface area (Å²) in [7, 11) is 0. The number of hydrogen-bond donors (Lipinski definition) is 1. The minimum absolute atomic E-state index is 0.159. The van der Waals surface area contributed by atoms with Crippen LogP contribution in [0, 0.1) is 21.4 Å². The zero-order valence-corrected chi connectivity index (χ0v) is 10.3. The van der Waals surface area contributed by atoms with Gasteiger partial charge in [-0.25, -0.2) is 0 Å². The Hall–Kier alpha value is -1.58. The van der Waals surface area contributed by atoms with Gasteiger partial charge in [0, 0.05) is 12.6 Å². The van der Waals surface area contributed by atoms with Crippen LogP contribution in [-0.4, -0.2) is 11.5 Å². The average molecular weight is 234 g/mol. The monoisotopic (exact) mass is 234 g/mol. The highest BCUT2D eigenvalue weighted by Crippen LogP contribution is 2.51. The number of para-hydroxylation sites is 2. The summed E-state index contributed by atoms with van der Waals surface area (Å²) in [5, 5.41) is 14.1. The Balaban J connectivity index is 2.07. The van der Waals surface area contributed by atoms with Gasteiger partial charge in [-0.3, -0.25) is 10.1 Å². The van der Waals surface area contributed by atoms with Crippen LogP contribution in [0.15, 0.2) is 24.3 Å². The molecule has 0 atom stereocenters. The van der Waals surface area contributed by atoms with Gasteiger partial charge in [-0.15, -0.1) is 0 Å². The van der Waals surface area contributed by atoms with E-state index >= 15 is 0 Å². The lowest BCUT2D eigenvalue weighted by Gasteiger charge is -2.20. The molecule has 1 aromatic rings. The van der Waals surface area contributed by atoms with Gasteiger partial charge in [-0.1, -0.05) is 26.0 Å². The molecule has 0 saturated heterocycles. The minimum atomic E-state index is -0.336. The van der Waals surface area contributed by atoms with Gasteiger partial charge < -0.3 is 5.32 Å². The maximum Gasteiger partial charge on any atom is 0.292 e. The van der Waals surface area contributed by atoms with Crippen molar-refractivity contribution in [2.24, 2.45) is 11.3 Å². The fourth-order valence-corrected chi connectivity index (χ4v) is 2.17. The van der Waals surface area contributed by atoms with Crippen LogP contribution in [0.5, 0.6) is 0 Å². The largest absolute Gasteiger partial charge is 0.379 e. The Bertz CT molecular complexity index is 425. The molecule has 0 aromatic heterocycles. The third kappa shape index (κ3) is 2.40. The lowest BCUT2D eigenvalue weighted by Crippen LogP contribution is -2.21. The number of nitrogens with one attached hydrogen (secondary N) is 1. The summed E-state index contributed by atoms with van der Waals surface area (Å²) in [5.74, 6) is 0.623. The van der Waals surface area contributed by atoms with Crippen molar-refractivity contribution in [3.8, 4) is 0 Å². The molecule has 1 aromatic carbocycles. The molecule has 0 heterocycles. The van der Waals surface area contributed by atoms with Gasteiger partial charge in [0.2, 0.25) is 0 Å². The van der Waals surface area contributed by atoms with E-state index in [1.54, 1.807) is 12.1 Å². The van der Waals surface area contributed by atoms with Crippen molar-refractivity contribution < 1.29 is 4.92 Å². The number of nitro groups is 1. The first-order valence-electron chi connectivity index (χ1n) is 6.02. The molecule has 17 heavy (non-hydrogen) atoms. The zero-order chi connectivity index (χ0) is 12.5. The Morgan fingerprint density at radius 1 is 1.41 bits per heavy atom. The van der Waals surface area contributed by atoms with Crippen LogP contribution < -0.4 is 5.32 Å². The zero-order valence-electron chi connectivity index (χ0n) is 10.3. The first-order chi connectivity index (χ1) is 8.05. The number of anilines is 1. The van der Waals surface area contributed by atoms with Crippen LogP contribution in [0.1, 0.15) is 26.7 Å². The second kappa shape index (κ2) is 4.35. The van der Waals surface area contributed by atoms with E-state index in [-0.39, 0.29) is 10.6 Å². The van der Waals surface area contributed by atoms with Crippen LogP contribution >= 0.6 is 0 Å². The number of hydrogen-bond acceptors (Lipinski definition) is 3. The van der Waals surface area contributed by atoms with Crippen LogP contribution in [-0.2, 0) is 0 Å². The highest BCUT2D eigenvalue weighted by atomic mass is 16.6. The Morgan fingerprint density at radius 2 is 2.06 bits per heavy atom. The second-order valence-electron chi connectivity index (χ2n) is 5.14. The van der Waals surface area contributed by atoms with Crippen molar-refractivity contribution in [1.82, 2.24) is 0 Å². The van der Waals surface area contributed by atoms with Gasteiger partial charge in [0.15, 0.2) is 0 Å². The van der Waals surface area contributed by atoms with Gasteiger partial charge in [-0.05, 0) is 30.2 Å². The summed E-state index contributed by atoms with van der Waals surface area (Å²) in [5.41, 5.74) is 1.14. The second-order valence-corrected chi connectivity index (χ2v) is 5.14. The van der Waals surface area contributed by atoms with Crippen molar-refractivity contribution in [2.45, 2.75) is 26.7 Å². The van der Waals surface area contributed by atoms with Gasteiger partial charge in [0.25, 0.3) is 5.69 Å². The smallest absolute Gasteiger partial charge is 0.292 e. The Labute approximate surface area is 101 Å². The maximum absolute atomic E-state index is 10.9. The van der Waals surface area contributed by atoms with E-state index in [2.05, 4.69) is 19.2 Å². The number of rotatable bonds is 5. The van der Waals surface area contributed by atoms with Crippen molar-refractivity contribution in [2.75, 3.05) is 11.9 Å². The fraction of sp³-hybridized carbons (Fsp3) is 0.538. The van der Waals surface area contributed by atoms with E-state index in [1.165, 1.54) is 18.9 Å². The molecule has 0 bridgehead atoms. The van der Waals surface area contributed by atoms with Crippen molar-refractivity contribution in [3.63, 3.8) is 0 Å². The standard InChI is InChI=1S/C13H18N2O2/c1-10(2)13(7-8-13)9-14-11-5-3-4-6-12(11)15(16)17/h3-6,10,14H,7-9H2,1-2H3. The molecule has 4 nitrogen and oxygen atoms in total. The molecule has 0 amide bonds. The van der Waals surface area contributed by atoms with E-state index in [4.69, 9.17) is 0 Å². The van der Waals surface area contributed by atoms with Crippen molar-refractivity contribution in [1.29, 1.82) is 0 Å². The van der Waals surface area contributed by atoms with E-state index in [0.717, 1.165) is 6.54 Å². The van der Waals surface area contributed by atoms with Gasteiger partial charge >= 0.3 is 0 Å². The topological polar surface area (TPSA) is 55.2 Å². The van der Waals surface area contributed by atoms with E-state index < -0.39 is 0 Å². The van der Waals surface area contributed by atoms with Gasteiger partial charge in [0.1, 0.15) is 5.69 Å². The third-order valence-electron chi connectivity index (χ3n) is 3.85. The SMILES string of the molecule is CC(C)C1(CNc2ccccc2[N+](=O)[O-])CC1. The molecular weight excluding hydrogens is 216 g/mol. The molecule has 1 saturated carbocycles. The number of benzene rings is 1. The summed E-state index contributed by atoms with van der Waals surface area (Å²) in [6.45, 7) is 5.26. The quantitative estimate of drug-likeness (QED) is 0.627. The molecule has 0 aliphatic heterocycles. The first kappa shape index (κ1) is 11.9. The van der Waals surface area contributed by atoms with Crippen molar-refractivity contribution in [3.05, 3.63) is 34.4 Å². The van der Waals surface area contributed by atoms with Gasteiger partial charge in [0.05, 0.1) is 4.92 Å². The Kier molecular flexibility index (Phi) is 3.05. The summed E-state index contributed by atoms with van der Waals surface area (Å²) >= 11 is 0. The van der Waals surface area contributed by atoms with Crippen LogP contribution in [0.3, 0.4) is 0 Å². The lowest BCUT2D eigenvalue weighted by atomic mass is 9.92. The van der Waals surface area contributed by atoms with Crippen LogP contribution in [0.25, 0.3) is 0 Å². The summed E-state index contributed by atoms with van der Waals surface area (Å²) in [6.07, 6.45) is 2.44. The molecule has 0 spiro atoms. The summed E-state index contributed by atoms with van der Waals surface area (Å²) < 4.78 is 0. The predicted octanol–water partition coefficient (Wildman–Crippen LogP) is 3.44. The highest BCUT2D eigenvalue weighted by Gasteiger charge is 2.45. The fourth-order valence-electron chi connectivity index (χ4n) is 2.17. The molecule has 2 rings (SSSR count). The summed E-state index contributed by atoms with van der Waals surface area (Å²) in [4.78, 5) is 10.5. The van der Waals surface area contributed by atoms with E-state index in [0.29, 0.717) is 17.0 Å². The van der Waals surface area contributed by atoms with E-state index in [1.807, 2.05) is 6.07 Å². The highest BCUT2D eigenvalue weighted by molar-refractivity contribution is 5.61. The molecular formula is C13H18N2O2. The molecule has 0 radical (unpaired) electrons. The molecule has 1 aliphatic rings. The van der Waals surface area contributed by atoms with Crippen LogP contribution in [0.4, 0.5) is 11.4 Å². The number of nitrogens with zero attached hydrogens (tertiary/aromatic N) is 1. The number of nitro benzene ring substituents is 1. The first-order valence-corrected chi connectivity index (χ1v) is 6.02. The maximum atomic E-state index is 10.9. The molecule has 1 N–H and O–H groups in total. The third-order valence-corrected chi connectivity index (χ3v) is 3.85. The predicted molar refractivity (Wildman–Crippen MR) is 68.1 cm³/mol.